The molecule has 1 unspecified atom stereocenters. The second-order valence-electron chi connectivity index (χ2n) is 4.84. The zero-order valence-corrected chi connectivity index (χ0v) is 11.8. The van der Waals surface area contributed by atoms with Gasteiger partial charge in [0.15, 0.2) is 0 Å². The van der Waals surface area contributed by atoms with Crippen molar-refractivity contribution in [2.75, 3.05) is 33.0 Å². The fraction of sp³-hybridized carbons (Fsp3) is 0.500. The predicted molar refractivity (Wildman–Crippen MR) is 75.1 cm³/mol. The number of nitrogens with two attached hydrogens (primary N) is 1. The molecule has 1 aromatic carbocycles. The van der Waals surface area contributed by atoms with Gasteiger partial charge in [0.05, 0.1) is 31.6 Å². The average molecular weight is 280 g/mol. The van der Waals surface area contributed by atoms with Crippen molar-refractivity contribution in [3.63, 3.8) is 0 Å². The van der Waals surface area contributed by atoms with E-state index in [1.165, 1.54) is 14.2 Å². The van der Waals surface area contributed by atoms with Gasteiger partial charge in [0.1, 0.15) is 11.5 Å². The van der Waals surface area contributed by atoms with E-state index in [0.717, 1.165) is 12.8 Å². The van der Waals surface area contributed by atoms with Crippen molar-refractivity contribution < 1.29 is 19.4 Å². The van der Waals surface area contributed by atoms with Crippen molar-refractivity contribution >= 4 is 11.6 Å². The number of likely N-dealkylation sites (tertiary alicyclic amines) is 1. The second kappa shape index (κ2) is 6.00. The molecule has 1 fully saturated rings. The summed E-state index contributed by atoms with van der Waals surface area (Å²) < 4.78 is 10.3. The molecule has 1 atom stereocenters. The van der Waals surface area contributed by atoms with Gasteiger partial charge in [-0.05, 0) is 18.9 Å². The van der Waals surface area contributed by atoms with Gasteiger partial charge in [0.25, 0.3) is 5.91 Å². The van der Waals surface area contributed by atoms with Crippen LogP contribution in [0.1, 0.15) is 23.2 Å². The van der Waals surface area contributed by atoms with Crippen LogP contribution in [0.2, 0.25) is 0 Å². The molecule has 1 saturated heterocycles. The third-order valence-electron chi connectivity index (χ3n) is 3.49. The Balaban J connectivity index is 2.33. The first-order valence-electron chi connectivity index (χ1n) is 6.55. The second-order valence-corrected chi connectivity index (χ2v) is 4.84. The number of benzene rings is 1. The van der Waals surface area contributed by atoms with Crippen molar-refractivity contribution in [1.29, 1.82) is 0 Å². The molecule has 0 radical (unpaired) electrons. The fourth-order valence-corrected chi connectivity index (χ4v) is 2.37. The summed E-state index contributed by atoms with van der Waals surface area (Å²) in [4.78, 5) is 14.1. The topological polar surface area (TPSA) is 85.0 Å². The Bertz CT molecular complexity index is 504. The quantitative estimate of drug-likeness (QED) is 0.803. The van der Waals surface area contributed by atoms with Gasteiger partial charge < -0.3 is 25.2 Å². The highest BCUT2D eigenvalue weighted by Crippen LogP contribution is 2.32. The normalized spacial score (nSPS) is 18.8. The minimum absolute atomic E-state index is 0.210. The summed E-state index contributed by atoms with van der Waals surface area (Å²) in [6.07, 6.45) is 1.04. The highest BCUT2D eigenvalue weighted by Gasteiger charge is 2.26. The fourth-order valence-electron chi connectivity index (χ4n) is 2.37. The highest BCUT2D eigenvalue weighted by atomic mass is 16.5. The molecule has 3 N–H and O–H groups in total. The maximum Gasteiger partial charge on any atom is 0.256 e. The van der Waals surface area contributed by atoms with E-state index in [2.05, 4.69) is 0 Å². The van der Waals surface area contributed by atoms with Crippen LogP contribution >= 0.6 is 0 Å². The number of anilines is 1. The number of amides is 1. The molecule has 1 aliphatic heterocycles. The molecule has 0 spiro atoms. The molecule has 1 aliphatic rings. The minimum Gasteiger partial charge on any atom is -0.497 e. The number of rotatable bonds is 3. The van der Waals surface area contributed by atoms with Gasteiger partial charge in [-0.25, -0.2) is 0 Å². The van der Waals surface area contributed by atoms with E-state index in [0.29, 0.717) is 35.8 Å². The molecule has 6 heteroatoms. The number of nitrogen functional groups attached to an aromatic ring is 1. The Labute approximate surface area is 118 Å². The Hall–Kier alpha value is -1.95. The summed E-state index contributed by atoms with van der Waals surface area (Å²) in [6, 6.07) is 3.23. The highest BCUT2D eigenvalue weighted by molar-refractivity contribution is 6.01. The Kier molecular flexibility index (Phi) is 4.34. The van der Waals surface area contributed by atoms with Gasteiger partial charge in [-0.3, -0.25) is 4.79 Å². The Morgan fingerprint density at radius 1 is 1.40 bits per heavy atom. The minimum atomic E-state index is -0.471. The lowest BCUT2D eigenvalue weighted by Crippen LogP contribution is -2.42. The molecule has 6 nitrogen and oxygen atoms in total. The molecule has 0 aromatic heterocycles. The summed E-state index contributed by atoms with van der Waals surface area (Å²) in [5, 5.41) is 9.67. The van der Waals surface area contributed by atoms with Crippen molar-refractivity contribution in [2.45, 2.75) is 18.9 Å². The molecule has 1 aromatic rings. The maximum atomic E-state index is 12.5. The van der Waals surface area contributed by atoms with Crippen LogP contribution in [0.25, 0.3) is 0 Å². The van der Waals surface area contributed by atoms with E-state index >= 15 is 0 Å². The van der Waals surface area contributed by atoms with Crippen LogP contribution in [0.3, 0.4) is 0 Å². The van der Waals surface area contributed by atoms with Gasteiger partial charge in [-0.1, -0.05) is 0 Å². The lowest BCUT2D eigenvalue weighted by Gasteiger charge is -2.30. The number of nitrogens with zero attached hydrogens (tertiary/aromatic N) is 1. The first-order chi connectivity index (χ1) is 9.56. The van der Waals surface area contributed by atoms with Crippen LogP contribution in [-0.2, 0) is 0 Å². The van der Waals surface area contributed by atoms with Crippen LogP contribution in [0.5, 0.6) is 11.5 Å². The van der Waals surface area contributed by atoms with Crippen molar-refractivity contribution in [3.8, 4) is 11.5 Å². The van der Waals surface area contributed by atoms with E-state index in [9.17, 15) is 9.90 Å². The zero-order chi connectivity index (χ0) is 14.7. The van der Waals surface area contributed by atoms with E-state index in [-0.39, 0.29) is 5.91 Å². The first kappa shape index (κ1) is 14.5. The van der Waals surface area contributed by atoms with Crippen molar-refractivity contribution in [2.24, 2.45) is 0 Å². The van der Waals surface area contributed by atoms with Crippen LogP contribution in [-0.4, -0.2) is 49.3 Å². The summed E-state index contributed by atoms with van der Waals surface area (Å²) >= 11 is 0. The summed E-state index contributed by atoms with van der Waals surface area (Å²) in [5.74, 6) is 0.709. The summed E-state index contributed by atoms with van der Waals surface area (Å²) in [6.45, 7) is 0.951. The lowest BCUT2D eigenvalue weighted by molar-refractivity contribution is 0.0474. The monoisotopic (exact) mass is 280 g/mol. The average Bonchev–Trinajstić information content (AvgIpc) is 2.47. The first-order valence-corrected chi connectivity index (χ1v) is 6.55. The molecular formula is C14H20N2O4. The molecule has 1 heterocycles. The largest absolute Gasteiger partial charge is 0.497 e. The summed E-state index contributed by atoms with van der Waals surface area (Å²) in [5.41, 5.74) is 6.60. The predicted octanol–water partition coefficient (Wildman–Crippen LogP) is 0.883. The number of aliphatic hydroxyl groups excluding tert-OH is 1. The van der Waals surface area contributed by atoms with Crippen molar-refractivity contribution in [1.82, 2.24) is 4.90 Å². The number of β-amino-alcohol motifs (C(OH)–C–C–N with tert-alkyl or cyclic N) is 1. The van der Waals surface area contributed by atoms with Crippen LogP contribution in [0.15, 0.2) is 12.1 Å². The number of hydrogen-bond acceptors (Lipinski definition) is 5. The van der Waals surface area contributed by atoms with Crippen LogP contribution in [0.4, 0.5) is 5.69 Å². The molecule has 0 bridgehead atoms. The number of methoxy groups -OCH3 is 2. The Morgan fingerprint density at radius 3 is 2.75 bits per heavy atom. The van der Waals surface area contributed by atoms with Gasteiger partial charge in [-0.15, -0.1) is 0 Å². The molecule has 0 aliphatic carbocycles. The molecule has 0 saturated carbocycles. The van der Waals surface area contributed by atoms with E-state index < -0.39 is 6.10 Å². The number of aliphatic hydroxyl groups is 1. The van der Waals surface area contributed by atoms with Gasteiger partial charge in [-0.2, -0.15) is 0 Å². The number of carbonyl (C=O) groups is 1. The van der Waals surface area contributed by atoms with E-state index in [1.54, 1.807) is 17.0 Å². The number of ether oxygens (including phenoxy) is 2. The smallest absolute Gasteiger partial charge is 0.256 e. The third-order valence-corrected chi connectivity index (χ3v) is 3.49. The van der Waals surface area contributed by atoms with Crippen LogP contribution < -0.4 is 15.2 Å². The molecular weight excluding hydrogens is 260 g/mol. The molecule has 110 valence electrons. The SMILES string of the molecule is COc1cc(OC)c(N)c(C(=O)N2CCCC(O)C2)c1. The maximum absolute atomic E-state index is 12.5. The van der Waals surface area contributed by atoms with E-state index in [4.69, 9.17) is 15.2 Å². The van der Waals surface area contributed by atoms with Gasteiger partial charge in [0.2, 0.25) is 0 Å². The van der Waals surface area contributed by atoms with E-state index in [1.807, 2.05) is 0 Å². The van der Waals surface area contributed by atoms with Gasteiger partial charge >= 0.3 is 0 Å². The van der Waals surface area contributed by atoms with Gasteiger partial charge in [0, 0.05) is 19.2 Å². The molecule has 20 heavy (non-hydrogen) atoms. The molecule has 2 rings (SSSR count). The standard InChI is InChI=1S/C14H20N2O4/c1-19-10-6-11(13(15)12(7-10)20-2)14(18)16-5-3-4-9(17)8-16/h6-7,9,17H,3-5,8,15H2,1-2H3. The number of hydrogen-bond donors (Lipinski definition) is 2. The summed E-state index contributed by atoms with van der Waals surface area (Å²) in [7, 11) is 3.01. The zero-order valence-electron chi connectivity index (χ0n) is 11.8. The number of piperidine rings is 1. The lowest BCUT2D eigenvalue weighted by atomic mass is 10.1. The van der Waals surface area contributed by atoms with Crippen LogP contribution in [0, 0.1) is 0 Å². The third kappa shape index (κ3) is 2.80. The molecule has 1 amide bonds. The Morgan fingerprint density at radius 2 is 2.15 bits per heavy atom. The van der Waals surface area contributed by atoms with Crippen molar-refractivity contribution in [3.05, 3.63) is 17.7 Å². The number of carbonyl (C=O) groups excluding carboxylic acids is 1.